The van der Waals surface area contributed by atoms with Crippen molar-refractivity contribution in [3.63, 3.8) is 0 Å². The monoisotopic (exact) mass is 501 g/mol. The smallest absolute Gasteiger partial charge is 0.356 e. The molecule has 5 heterocycles. The molecule has 1 atom stereocenters. The zero-order valence-electron chi connectivity index (χ0n) is 20.2. The van der Waals surface area contributed by atoms with Crippen molar-refractivity contribution < 1.29 is 18.0 Å². The van der Waals surface area contributed by atoms with E-state index in [1.165, 1.54) is 12.1 Å². The second-order valence-electron chi connectivity index (χ2n) is 8.73. The van der Waals surface area contributed by atoms with Crippen LogP contribution in [0.5, 0.6) is 0 Å². The number of fused-ring (bicyclic) bond motifs is 1. The van der Waals surface area contributed by atoms with Gasteiger partial charge >= 0.3 is 6.18 Å². The lowest BCUT2D eigenvalue weighted by atomic mass is 9.99. The van der Waals surface area contributed by atoms with E-state index in [1.807, 2.05) is 19.2 Å². The second-order valence-corrected chi connectivity index (χ2v) is 8.73. The van der Waals surface area contributed by atoms with Crippen molar-refractivity contribution in [3.8, 4) is 12.8 Å². The number of aromatic nitrogens is 4. The van der Waals surface area contributed by atoms with Gasteiger partial charge in [-0.25, -0.2) is 14.5 Å². The Bertz CT molecular complexity index is 1230. The molecule has 1 amide bonds. The third-order valence-electron chi connectivity index (χ3n) is 6.39. The number of pyridine rings is 1. The Morgan fingerprint density at radius 2 is 1.75 bits per heavy atom. The van der Waals surface area contributed by atoms with E-state index in [0.717, 1.165) is 56.2 Å². The number of halogens is 3. The first-order chi connectivity index (χ1) is 16.8. The lowest BCUT2D eigenvalue weighted by molar-refractivity contribution is -0.141. The van der Waals surface area contributed by atoms with E-state index in [0.29, 0.717) is 24.3 Å². The van der Waals surface area contributed by atoms with Crippen LogP contribution in [0, 0.1) is 19.8 Å². The first-order valence-corrected chi connectivity index (χ1v) is 11.6. The van der Waals surface area contributed by atoms with Gasteiger partial charge in [0, 0.05) is 37.5 Å². The number of hydrogen-bond donors (Lipinski definition) is 1. The highest BCUT2D eigenvalue weighted by Crippen LogP contribution is 2.33. The van der Waals surface area contributed by atoms with E-state index in [2.05, 4.69) is 27.8 Å². The minimum absolute atomic E-state index is 0. The molecule has 11 heteroatoms. The Kier molecular flexibility index (Phi) is 8.20. The maximum Gasteiger partial charge on any atom is 0.433 e. The van der Waals surface area contributed by atoms with Crippen molar-refractivity contribution in [1.29, 1.82) is 0 Å². The predicted molar refractivity (Wildman–Crippen MR) is 131 cm³/mol. The molecule has 0 unspecified atom stereocenters. The highest BCUT2D eigenvalue weighted by Gasteiger charge is 2.35. The van der Waals surface area contributed by atoms with Crippen molar-refractivity contribution in [2.75, 3.05) is 24.5 Å². The number of aryl methyl sites for hydroxylation is 1. The molecule has 0 aliphatic carbocycles. The lowest BCUT2D eigenvalue weighted by Gasteiger charge is -2.34. The second kappa shape index (κ2) is 11.0. The van der Waals surface area contributed by atoms with Crippen molar-refractivity contribution in [2.45, 2.75) is 51.2 Å². The Morgan fingerprint density at radius 1 is 1.06 bits per heavy atom. The third-order valence-corrected chi connectivity index (χ3v) is 6.39. The predicted octanol–water partition coefficient (Wildman–Crippen LogP) is 4.83. The molecule has 3 aromatic heterocycles. The van der Waals surface area contributed by atoms with Crippen LogP contribution in [-0.4, -0.2) is 50.0 Å². The van der Waals surface area contributed by atoms with Crippen LogP contribution in [0.25, 0.3) is 5.65 Å². The largest absolute Gasteiger partial charge is 0.433 e. The van der Waals surface area contributed by atoms with Gasteiger partial charge in [-0.15, -0.1) is 12.8 Å². The summed E-state index contributed by atoms with van der Waals surface area (Å²) in [5.74, 6) is 0.445. The van der Waals surface area contributed by atoms with Gasteiger partial charge in [0.05, 0.1) is 11.7 Å². The number of hydrogen-bond acceptors (Lipinski definition) is 6. The minimum atomic E-state index is -4.60. The molecule has 0 radical (unpaired) electrons. The Morgan fingerprint density at radius 3 is 2.44 bits per heavy atom. The average molecular weight is 502 g/mol. The molecule has 0 bridgehead atoms. The van der Waals surface area contributed by atoms with Gasteiger partial charge in [-0.1, -0.05) is 6.07 Å². The molecule has 0 saturated carbocycles. The van der Waals surface area contributed by atoms with Crippen LogP contribution in [-0.2, 0) is 6.18 Å². The van der Waals surface area contributed by atoms with Gasteiger partial charge in [0.25, 0.3) is 5.91 Å². The van der Waals surface area contributed by atoms with Crippen molar-refractivity contribution in [1.82, 2.24) is 30.6 Å². The standard InChI is InChI=1S/C23H25F3N6O.C2H2.H3N/c1-15-14-32-20(28-21(15)30-10-4-5-11-30)13-17(29-32)18-8-2-3-12-31(18)22(33)16-7-6-9-19(27-16)23(24,25)26;1-2;/h6-7,9,13-14,18H,2-5,8,10-12H2,1H3;1-2H;1H3/t18-;;/m0../s1. The summed E-state index contributed by atoms with van der Waals surface area (Å²) in [5, 5.41) is 4.69. The van der Waals surface area contributed by atoms with E-state index >= 15 is 0 Å². The summed E-state index contributed by atoms with van der Waals surface area (Å²) >= 11 is 0. The topological polar surface area (TPSA) is 102 Å². The van der Waals surface area contributed by atoms with Gasteiger partial charge in [0.1, 0.15) is 17.2 Å². The number of alkyl halides is 3. The molecule has 192 valence electrons. The van der Waals surface area contributed by atoms with Gasteiger partial charge in [-0.2, -0.15) is 18.3 Å². The van der Waals surface area contributed by atoms with Crippen molar-refractivity contribution in [2.24, 2.45) is 0 Å². The molecule has 3 N–H and O–H groups in total. The first kappa shape index (κ1) is 26.9. The van der Waals surface area contributed by atoms with Crippen LogP contribution in [0.15, 0.2) is 30.5 Å². The number of carbonyl (C=O) groups is 1. The lowest BCUT2D eigenvalue weighted by Crippen LogP contribution is -2.39. The summed E-state index contributed by atoms with van der Waals surface area (Å²) in [5.41, 5.74) is 1.16. The number of likely N-dealkylation sites (tertiary alicyclic amines) is 1. The summed E-state index contributed by atoms with van der Waals surface area (Å²) in [6, 6.07) is 4.98. The molecule has 2 fully saturated rings. The number of nitrogens with zero attached hydrogens (tertiary/aromatic N) is 6. The first-order valence-electron chi connectivity index (χ1n) is 11.6. The zero-order chi connectivity index (χ0) is 25.2. The number of piperidine rings is 1. The van der Waals surface area contributed by atoms with Crippen LogP contribution >= 0.6 is 0 Å². The molecule has 5 rings (SSSR count). The third kappa shape index (κ3) is 5.28. The molecule has 36 heavy (non-hydrogen) atoms. The fourth-order valence-electron chi connectivity index (χ4n) is 4.77. The summed E-state index contributed by atoms with van der Waals surface area (Å²) < 4.78 is 41.0. The average Bonchev–Trinajstić information content (AvgIpc) is 3.54. The number of rotatable bonds is 3. The summed E-state index contributed by atoms with van der Waals surface area (Å²) in [7, 11) is 0. The van der Waals surface area contributed by atoms with E-state index < -0.39 is 17.8 Å². The molecular weight excluding hydrogens is 471 g/mol. The fraction of sp³-hybridized carbons (Fsp3) is 0.440. The van der Waals surface area contributed by atoms with Crippen LogP contribution in [0.3, 0.4) is 0 Å². The highest BCUT2D eigenvalue weighted by molar-refractivity contribution is 5.92. The number of anilines is 1. The molecule has 3 aromatic rings. The van der Waals surface area contributed by atoms with Crippen LogP contribution in [0.4, 0.5) is 19.0 Å². The number of amides is 1. The number of carbonyl (C=O) groups excluding carboxylic acids is 1. The molecule has 2 saturated heterocycles. The van der Waals surface area contributed by atoms with Gasteiger partial charge < -0.3 is 16.0 Å². The zero-order valence-corrected chi connectivity index (χ0v) is 20.2. The molecule has 0 aromatic carbocycles. The normalized spacial score (nSPS) is 17.9. The summed E-state index contributed by atoms with van der Waals surface area (Å²) in [6.45, 7) is 4.43. The van der Waals surface area contributed by atoms with Crippen molar-refractivity contribution in [3.05, 3.63) is 53.1 Å². The molecule has 0 spiro atoms. The van der Waals surface area contributed by atoms with Gasteiger partial charge in [-0.3, -0.25) is 4.79 Å². The maximum atomic E-state index is 13.2. The molecule has 2 aliphatic rings. The Labute approximate surface area is 208 Å². The minimum Gasteiger partial charge on any atom is -0.356 e. The number of terminal acetylenes is 1. The van der Waals surface area contributed by atoms with E-state index in [9.17, 15) is 18.0 Å². The van der Waals surface area contributed by atoms with Gasteiger partial charge in [0.15, 0.2) is 5.65 Å². The van der Waals surface area contributed by atoms with E-state index in [-0.39, 0.29) is 17.9 Å². The quantitative estimate of drug-likeness (QED) is 0.516. The summed E-state index contributed by atoms with van der Waals surface area (Å²) in [4.78, 5) is 25.5. The van der Waals surface area contributed by atoms with Gasteiger partial charge in [0.2, 0.25) is 0 Å². The molecule has 8 nitrogen and oxygen atoms in total. The Balaban J connectivity index is 0.00000117. The van der Waals surface area contributed by atoms with Crippen LogP contribution in [0.1, 0.15) is 65.6 Å². The SMILES string of the molecule is C#C.Cc1cn2nc([C@@H]3CCCCN3C(=O)c3cccc(C(F)(F)F)n3)cc2nc1N1CCCC1.N. The van der Waals surface area contributed by atoms with Crippen molar-refractivity contribution >= 4 is 17.4 Å². The molecular formula is C25H30F3N7O. The molecule has 2 aliphatic heterocycles. The van der Waals surface area contributed by atoms with Crippen LogP contribution < -0.4 is 11.1 Å². The Hall–Kier alpha value is -3.65. The maximum absolute atomic E-state index is 13.2. The van der Waals surface area contributed by atoms with Crippen LogP contribution in [0.2, 0.25) is 0 Å². The van der Waals surface area contributed by atoms with Gasteiger partial charge in [-0.05, 0) is 51.2 Å². The summed E-state index contributed by atoms with van der Waals surface area (Å²) in [6.07, 6.45) is 10.0. The fourth-order valence-corrected chi connectivity index (χ4v) is 4.77. The van der Waals surface area contributed by atoms with E-state index in [4.69, 9.17) is 4.98 Å². The van der Waals surface area contributed by atoms with E-state index in [1.54, 1.807) is 9.42 Å². The highest BCUT2D eigenvalue weighted by atomic mass is 19.4.